The first kappa shape index (κ1) is 18.9. The van der Waals surface area contributed by atoms with Crippen LogP contribution in [0.15, 0.2) is 78.5 Å². The lowest BCUT2D eigenvalue weighted by molar-refractivity contribution is -0.125. The number of nitrogens with zero attached hydrogens (tertiary/aromatic N) is 2. The molecule has 0 bridgehead atoms. The van der Waals surface area contributed by atoms with Crippen molar-refractivity contribution in [3.05, 3.63) is 95.5 Å². The lowest BCUT2D eigenvalue weighted by Crippen LogP contribution is -2.47. The molecule has 4 rings (SSSR count). The molecule has 2 aromatic carbocycles. The SMILES string of the molecule is C=CCN1C(=O)NC(c2ccc(F)cc2)C2=C1CN(CCc1ccccc1)C2=O. The van der Waals surface area contributed by atoms with Crippen molar-refractivity contribution in [2.45, 2.75) is 12.5 Å². The molecule has 1 unspecified atom stereocenters. The van der Waals surface area contributed by atoms with E-state index in [4.69, 9.17) is 0 Å². The van der Waals surface area contributed by atoms with Crippen LogP contribution in [0.5, 0.6) is 0 Å². The summed E-state index contributed by atoms with van der Waals surface area (Å²) < 4.78 is 13.4. The van der Waals surface area contributed by atoms with Crippen LogP contribution in [0.1, 0.15) is 17.2 Å². The Labute approximate surface area is 169 Å². The van der Waals surface area contributed by atoms with E-state index in [9.17, 15) is 14.0 Å². The number of carbonyl (C=O) groups excluding carboxylic acids is 2. The quantitative estimate of drug-likeness (QED) is 0.768. The Bertz CT molecular complexity index is 969. The van der Waals surface area contributed by atoms with Gasteiger partial charge in [0.1, 0.15) is 5.82 Å². The number of rotatable bonds is 6. The molecule has 29 heavy (non-hydrogen) atoms. The molecule has 0 saturated heterocycles. The number of carbonyl (C=O) groups is 2. The highest BCUT2D eigenvalue weighted by Crippen LogP contribution is 2.36. The molecule has 5 nitrogen and oxygen atoms in total. The Morgan fingerprint density at radius 2 is 1.83 bits per heavy atom. The third-order valence-electron chi connectivity index (χ3n) is 5.32. The highest BCUT2D eigenvalue weighted by molar-refractivity contribution is 6.01. The normalized spacial score (nSPS) is 18.7. The van der Waals surface area contributed by atoms with Crippen molar-refractivity contribution in [1.29, 1.82) is 0 Å². The summed E-state index contributed by atoms with van der Waals surface area (Å²) in [5, 5.41) is 2.89. The summed E-state index contributed by atoms with van der Waals surface area (Å²) in [6.07, 6.45) is 2.37. The van der Waals surface area contributed by atoms with Gasteiger partial charge in [-0.25, -0.2) is 9.18 Å². The largest absolute Gasteiger partial charge is 0.333 e. The fourth-order valence-corrected chi connectivity index (χ4v) is 3.87. The van der Waals surface area contributed by atoms with Gasteiger partial charge in [-0.15, -0.1) is 6.58 Å². The van der Waals surface area contributed by atoms with Gasteiger partial charge in [0, 0.05) is 13.1 Å². The van der Waals surface area contributed by atoms with Gasteiger partial charge in [0.2, 0.25) is 0 Å². The zero-order chi connectivity index (χ0) is 20.4. The maximum atomic E-state index is 13.4. The van der Waals surface area contributed by atoms with Crippen molar-refractivity contribution in [1.82, 2.24) is 15.1 Å². The summed E-state index contributed by atoms with van der Waals surface area (Å²) in [6, 6.07) is 15.0. The van der Waals surface area contributed by atoms with Crippen LogP contribution in [-0.2, 0) is 11.2 Å². The number of urea groups is 1. The number of benzene rings is 2. The fraction of sp³-hybridized carbons (Fsp3) is 0.217. The minimum absolute atomic E-state index is 0.0979. The van der Waals surface area contributed by atoms with E-state index in [0.717, 1.165) is 12.0 Å². The van der Waals surface area contributed by atoms with E-state index < -0.39 is 6.04 Å². The smallest absolute Gasteiger partial charge is 0.322 e. The Hall–Kier alpha value is -3.41. The van der Waals surface area contributed by atoms with Gasteiger partial charge in [0.25, 0.3) is 5.91 Å². The number of hydrogen-bond acceptors (Lipinski definition) is 2. The van der Waals surface area contributed by atoms with Crippen LogP contribution in [0.3, 0.4) is 0 Å². The molecule has 2 aliphatic rings. The predicted molar refractivity (Wildman–Crippen MR) is 108 cm³/mol. The van der Waals surface area contributed by atoms with E-state index >= 15 is 0 Å². The van der Waals surface area contributed by atoms with Crippen LogP contribution in [0, 0.1) is 5.82 Å². The van der Waals surface area contributed by atoms with Crippen LogP contribution in [0.25, 0.3) is 0 Å². The molecule has 148 valence electrons. The Kier molecular flexibility index (Phi) is 5.16. The monoisotopic (exact) mass is 391 g/mol. The number of hydrogen-bond donors (Lipinski definition) is 1. The first-order valence-electron chi connectivity index (χ1n) is 9.59. The molecule has 3 amide bonds. The Morgan fingerprint density at radius 1 is 1.10 bits per heavy atom. The average molecular weight is 391 g/mol. The first-order valence-corrected chi connectivity index (χ1v) is 9.59. The third kappa shape index (κ3) is 3.66. The molecule has 1 N–H and O–H groups in total. The van der Waals surface area contributed by atoms with Crippen LogP contribution < -0.4 is 5.32 Å². The molecule has 0 fully saturated rings. The highest BCUT2D eigenvalue weighted by Gasteiger charge is 2.43. The molecular weight excluding hydrogens is 369 g/mol. The van der Waals surface area contributed by atoms with E-state index in [1.54, 1.807) is 28.0 Å². The van der Waals surface area contributed by atoms with Crippen LogP contribution in [-0.4, -0.2) is 41.4 Å². The molecule has 0 aliphatic carbocycles. The first-order chi connectivity index (χ1) is 14.1. The molecule has 2 heterocycles. The second-order valence-corrected chi connectivity index (χ2v) is 7.16. The summed E-state index contributed by atoms with van der Waals surface area (Å²) in [4.78, 5) is 29.3. The van der Waals surface area contributed by atoms with Gasteiger partial charge in [-0.2, -0.15) is 0 Å². The van der Waals surface area contributed by atoms with Crippen molar-refractivity contribution < 1.29 is 14.0 Å². The summed E-state index contributed by atoms with van der Waals surface area (Å²) in [5.41, 5.74) is 3.08. The van der Waals surface area contributed by atoms with Crippen molar-refractivity contribution >= 4 is 11.9 Å². The third-order valence-corrected chi connectivity index (χ3v) is 5.32. The molecule has 0 radical (unpaired) electrons. The van der Waals surface area contributed by atoms with E-state index in [-0.39, 0.29) is 17.8 Å². The maximum absolute atomic E-state index is 13.4. The second-order valence-electron chi connectivity index (χ2n) is 7.16. The number of halogens is 1. The van der Waals surface area contributed by atoms with Gasteiger partial charge >= 0.3 is 6.03 Å². The van der Waals surface area contributed by atoms with Gasteiger partial charge in [-0.05, 0) is 29.7 Å². The molecular formula is C23H22FN3O2. The number of amides is 3. The standard InChI is InChI=1S/C23H22FN3O2/c1-2-13-27-19-15-26(14-12-16-6-4-3-5-7-16)22(28)20(19)21(25-23(27)29)17-8-10-18(24)11-9-17/h2-11,21H,1,12-15H2,(H,25,29). The van der Waals surface area contributed by atoms with Crippen molar-refractivity contribution in [2.24, 2.45) is 0 Å². The molecule has 0 aromatic heterocycles. The van der Waals surface area contributed by atoms with E-state index in [0.29, 0.717) is 36.5 Å². The van der Waals surface area contributed by atoms with Crippen molar-refractivity contribution in [2.75, 3.05) is 19.6 Å². The summed E-state index contributed by atoms with van der Waals surface area (Å²) in [7, 11) is 0. The maximum Gasteiger partial charge on any atom is 0.322 e. The second kappa shape index (κ2) is 7.91. The van der Waals surface area contributed by atoms with E-state index in [1.807, 2.05) is 30.3 Å². The van der Waals surface area contributed by atoms with Crippen LogP contribution in [0.4, 0.5) is 9.18 Å². The summed E-state index contributed by atoms with van der Waals surface area (Å²) in [5.74, 6) is -0.458. The summed E-state index contributed by atoms with van der Waals surface area (Å²) >= 11 is 0. The van der Waals surface area contributed by atoms with Gasteiger partial charge < -0.3 is 10.2 Å². The molecule has 6 heteroatoms. The molecule has 0 spiro atoms. The Balaban J connectivity index is 1.63. The minimum Gasteiger partial charge on any atom is -0.333 e. The van der Waals surface area contributed by atoms with Gasteiger partial charge in [-0.3, -0.25) is 9.69 Å². The topological polar surface area (TPSA) is 52.7 Å². The zero-order valence-electron chi connectivity index (χ0n) is 16.0. The molecule has 2 aromatic rings. The minimum atomic E-state index is -0.589. The molecule has 1 atom stereocenters. The van der Waals surface area contributed by atoms with E-state index in [2.05, 4.69) is 11.9 Å². The predicted octanol–water partition coefficient (Wildman–Crippen LogP) is 3.42. The molecule has 0 saturated carbocycles. The van der Waals surface area contributed by atoms with Gasteiger partial charge in [0.05, 0.1) is 23.9 Å². The van der Waals surface area contributed by atoms with Crippen molar-refractivity contribution in [3.63, 3.8) is 0 Å². The zero-order valence-corrected chi connectivity index (χ0v) is 16.0. The fourth-order valence-electron chi connectivity index (χ4n) is 3.87. The molecule has 2 aliphatic heterocycles. The van der Waals surface area contributed by atoms with Gasteiger partial charge in [0.15, 0.2) is 0 Å². The number of nitrogens with one attached hydrogen (secondary N) is 1. The summed E-state index contributed by atoms with van der Waals surface area (Å²) in [6.45, 7) is 4.97. The van der Waals surface area contributed by atoms with Gasteiger partial charge in [-0.1, -0.05) is 48.5 Å². The lowest BCUT2D eigenvalue weighted by atomic mass is 9.95. The lowest BCUT2D eigenvalue weighted by Gasteiger charge is -2.33. The average Bonchev–Trinajstić information content (AvgIpc) is 3.06. The highest BCUT2D eigenvalue weighted by atomic mass is 19.1. The van der Waals surface area contributed by atoms with Crippen molar-refractivity contribution in [3.8, 4) is 0 Å². The Morgan fingerprint density at radius 3 is 2.52 bits per heavy atom. The van der Waals surface area contributed by atoms with E-state index in [1.165, 1.54) is 12.1 Å². The van der Waals surface area contributed by atoms with Crippen LogP contribution in [0.2, 0.25) is 0 Å². The van der Waals surface area contributed by atoms with Crippen LogP contribution >= 0.6 is 0 Å².